The van der Waals surface area contributed by atoms with E-state index in [1.165, 1.54) is 24.3 Å². The Hall–Kier alpha value is -2.94. The number of anilines is 2. The summed E-state index contributed by atoms with van der Waals surface area (Å²) < 4.78 is 13.5. The fraction of sp³-hybridized carbons (Fsp3) is 0.0714. The highest BCUT2D eigenvalue weighted by Gasteiger charge is 2.13. The summed E-state index contributed by atoms with van der Waals surface area (Å²) in [5.74, 6) is -0.640. The standard InChI is InChI=1S/C14H10FN3O2/c1-9-5-6-10(7-14(9)18(19)20)17-13-4-2-3-12(15)11(13)8-16/h2-7,17H,1H3. The smallest absolute Gasteiger partial charge is 0.274 e. The van der Waals surface area contributed by atoms with Gasteiger partial charge in [0.15, 0.2) is 0 Å². The second-order valence-corrected chi connectivity index (χ2v) is 4.16. The second-order valence-electron chi connectivity index (χ2n) is 4.16. The van der Waals surface area contributed by atoms with Crippen LogP contribution in [0.2, 0.25) is 0 Å². The molecule has 0 spiro atoms. The van der Waals surface area contributed by atoms with E-state index in [4.69, 9.17) is 5.26 Å². The highest BCUT2D eigenvalue weighted by molar-refractivity contribution is 5.68. The van der Waals surface area contributed by atoms with E-state index in [2.05, 4.69) is 5.32 Å². The molecule has 0 radical (unpaired) electrons. The van der Waals surface area contributed by atoms with Gasteiger partial charge in [-0.05, 0) is 25.1 Å². The van der Waals surface area contributed by atoms with Crippen LogP contribution in [0.5, 0.6) is 0 Å². The van der Waals surface area contributed by atoms with E-state index in [-0.39, 0.29) is 16.9 Å². The molecule has 2 aromatic rings. The van der Waals surface area contributed by atoms with Crippen molar-refractivity contribution in [1.82, 2.24) is 0 Å². The first-order valence-electron chi connectivity index (χ1n) is 5.73. The van der Waals surface area contributed by atoms with E-state index in [0.717, 1.165) is 0 Å². The molecule has 0 amide bonds. The molecule has 0 fully saturated rings. The number of nitriles is 1. The Kier molecular flexibility index (Phi) is 3.62. The summed E-state index contributed by atoms with van der Waals surface area (Å²) in [6, 6.07) is 10.5. The van der Waals surface area contributed by atoms with E-state index in [1.54, 1.807) is 25.1 Å². The highest BCUT2D eigenvalue weighted by Crippen LogP contribution is 2.27. The van der Waals surface area contributed by atoms with Gasteiger partial charge in [0.2, 0.25) is 0 Å². The first kappa shape index (κ1) is 13.5. The lowest BCUT2D eigenvalue weighted by Gasteiger charge is -2.09. The molecule has 20 heavy (non-hydrogen) atoms. The van der Waals surface area contributed by atoms with Crippen LogP contribution in [-0.2, 0) is 0 Å². The van der Waals surface area contributed by atoms with E-state index in [0.29, 0.717) is 11.3 Å². The molecule has 0 atom stereocenters. The molecule has 2 rings (SSSR count). The average molecular weight is 271 g/mol. The van der Waals surface area contributed by atoms with E-state index in [1.807, 2.05) is 0 Å². The summed E-state index contributed by atoms with van der Waals surface area (Å²) in [5.41, 5.74) is 1.05. The van der Waals surface area contributed by atoms with Crippen molar-refractivity contribution in [1.29, 1.82) is 5.26 Å². The molecule has 0 bridgehead atoms. The van der Waals surface area contributed by atoms with Crippen molar-refractivity contribution in [3.63, 3.8) is 0 Å². The average Bonchev–Trinajstić information content (AvgIpc) is 2.41. The molecule has 2 aromatic carbocycles. The van der Waals surface area contributed by atoms with Gasteiger partial charge in [0.25, 0.3) is 5.69 Å². The van der Waals surface area contributed by atoms with Crippen LogP contribution in [0.25, 0.3) is 0 Å². The highest BCUT2D eigenvalue weighted by atomic mass is 19.1. The van der Waals surface area contributed by atoms with Crippen molar-refractivity contribution in [2.24, 2.45) is 0 Å². The molecule has 0 aliphatic heterocycles. The molecule has 100 valence electrons. The minimum absolute atomic E-state index is 0.0371. The van der Waals surface area contributed by atoms with E-state index in [9.17, 15) is 14.5 Å². The van der Waals surface area contributed by atoms with Gasteiger partial charge in [-0.15, -0.1) is 0 Å². The van der Waals surface area contributed by atoms with Gasteiger partial charge >= 0.3 is 0 Å². The Morgan fingerprint density at radius 2 is 2.10 bits per heavy atom. The second kappa shape index (κ2) is 5.36. The van der Waals surface area contributed by atoms with Crippen LogP contribution >= 0.6 is 0 Å². The lowest BCUT2D eigenvalue weighted by atomic mass is 10.1. The maximum absolute atomic E-state index is 13.5. The number of aryl methyl sites for hydroxylation is 1. The molecule has 0 unspecified atom stereocenters. The molecule has 0 aliphatic carbocycles. The van der Waals surface area contributed by atoms with Crippen LogP contribution < -0.4 is 5.32 Å². The number of benzene rings is 2. The fourth-order valence-corrected chi connectivity index (χ4v) is 1.78. The zero-order valence-electron chi connectivity index (χ0n) is 10.6. The quantitative estimate of drug-likeness (QED) is 0.682. The van der Waals surface area contributed by atoms with Gasteiger partial charge in [0.05, 0.1) is 10.6 Å². The number of nitro benzene ring substituents is 1. The first-order valence-corrected chi connectivity index (χ1v) is 5.73. The Bertz CT molecular complexity index is 723. The molecule has 0 aliphatic rings. The topological polar surface area (TPSA) is 79.0 Å². The van der Waals surface area contributed by atoms with Gasteiger partial charge in [-0.2, -0.15) is 5.26 Å². The Labute approximate surface area is 114 Å². The summed E-state index contributed by atoms with van der Waals surface area (Å²) in [4.78, 5) is 10.4. The van der Waals surface area contributed by atoms with Crippen molar-refractivity contribution in [3.8, 4) is 6.07 Å². The van der Waals surface area contributed by atoms with Crippen LogP contribution in [0.4, 0.5) is 21.5 Å². The normalized spacial score (nSPS) is 9.85. The number of hydrogen-bond acceptors (Lipinski definition) is 4. The Morgan fingerprint density at radius 3 is 2.75 bits per heavy atom. The van der Waals surface area contributed by atoms with Crippen LogP contribution in [0.15, 0.2) is 36.4 Å². The summed E-state index contributed by atoms with van der Waals surface area (Å²) >= 11 is 0. The van der Waals surface area contributed by atoms with Gasteiger partial charge in [-0.25, -0.2) is 4.39 Å². The van der Waals surface area contributed by atoms with Crippen molar-refractivity contribution >= 4 is 17.1 Å². The fourth-order valence-electron chi connectivity index (χ4n) is 1.78. The maximum Gasteiger partial charge on any atom is 0.274 e. The minimum atomic E-state index is -0.640. The van der Waals surface area contributed by atoms with Crippen LogP contribution in [-0.4, -0.2) is 4.92 Å². The molecular formula is C14H10FN3O2. The van der Waals surface area contributed by atoms with E-state index >= 15 is 0 Å². The molecule has 0 aromatic heterocycles. The molecule has 1 N–H and O–H groups in total. The zero-order chi connectivity index (χ0) is 14.7. The van der Waals surface area contributed by atoms with Gasteiger partial charge in [-0.3, -0.25) is 10.1 Å². The summed E-state index contributed by atoms with van der Waals surface area (Å²) in [5, 5.41) is 22.6. The Morgan fingerprint density at radius 1 is 1.35 bits per heavy atom. The summed E-state index contributed by atoms with van der Waals surface area (Å²) in [6.45, 7) is 1.63. The third-order valence-corrected chi connectivity index (χ3v) is 2.81. The molecule has 5 nitrogen and oxygen atoms in total. The molecular weight excluding hydrogens is 261 g/mol. The number of hydrogen-bond donors (Lipinski definition) is 1. The molecule has 0 heterocycles. The summed E-state index contributed by atoms with van der Waals surface area (Å²) in [7, 11) is 0. The van der Waals surface area contributed by atoms with Crippen LogP contribution in [0, 0.1) is 34.2 Å². The van der Waals surface area contributed by atoms with Gasteiger partial charge in [-0.1, -0.05) is 12.1 Å². The molecule has 0 saturated heterocycles. The van der Waals surface area contributed by atoms with Crippen molar-refractivity contribution < 1.29 is 9.31 Å². The number of halogens is 1. The van der Waals surface area contributed by atoms with Crippen LogP contribution in [0.3, 0.4) is 0 Å². The third-order valence-electron chi connectivity index (χ3n) is 2.81. The minimum Gasteiger partial charge on any atom is -0.354 e. The Balaban J connectivity index is 2.41. The molecule has 0 saturated carbocycles. The maximum atomic E-state index is 13.5. The predicted octanol–water partition coefficient (Wildman–Crippen LogP) is 3.66. The lowest BCUT2D eigenvalue weighted by molar-refractivity contribution is -0.385. The third kappa shape index (κ3) is 2.57. The SMILES string of the molecule is Cc1ccc(Nc2cccc(F)c2C#N)cc1[N+](=O)[O-]. The first-order chi connectivity index (χ1) is 9.52. The number of nitrogens with zero attached hydrogens (tertiary/aromatic N) is 2. The molecule has 6 heteroatoms. The van der Waals surface area contributed by atoms with Gasteiger partial charge < -0.3 is 5.32 Å². The van der Waals surface area contributed by atoms with Gasteiger partial charge in [0.1, 0.15) is 17.4 Å². The summed E-state index contributed by atoms with van der Waals surface area (Å²) in [6.07, 6.45) is 0. The van der Waals surface area contributed by atoms with Gasteiger partial charge in [0, 0.05) is 17.3 Å². The van der Waals surface area contributed by atoms with Crippen LogP contribution in [0.1, 0.15) is 11.1 Å². The van der Waals surface area contributed by atoms with E-state index < -0.39 is 10.7 Å². The lowest BCUT2D eigenvalue weighted by Crippen LogP contribution is -1.98. The number of nitro groups is 1. The van der Waals surface area contributed by atoms with Crippen molar-refractivity contribution in [2.45, 2.75) is 6.92 Å². The van der Waals surface area contributed by atoms with Crippen molar-refractivity contribution in [2.75, 3.05) is 5.32 Å². The number of rotatable bonds is 3. The monoisotopic (exact) mass is 271 g/mol. The zero-order valence-corrected chi connectivity index (χ0v) is 10.6. The predicted molar refractivity (Wildman–Crippen MR) is 72.2 cm³/mol. The van der Waals surface area contributed by atoms with Crippen molar-refractivity contribution in [3.05, 3.63) is 63.5 Å². The largest absolute Gasteiger partial charge is 0.354 e. The number of nitrogens with one attached hydrogen (secondary N) is 1.